The Bertz CT molecular complexity index is 906. The van der Waals surface area contributed by atoms with Gasteiger partial charge < -0.3 is 0 Å². The number of pyridine rings is 1. The first-order chi connectivity index (χ1) is 11.3. The van der Waals surface area contributed by atoms with E-state index in [1.807, 2.05) is 0 Å². The molecule has 1 aliphatic carbocycles. The first-order valence-corrected chi connectivity index (χ1v) is 7.60. The number of hydrazone groups is 1. The maximum atomic E-state index is 12.0. The molecule has 1 N–H and O–H groups in total. The van der Waals surface area contributed by atoms with E-state index in [0.717, 1.165) is 18.4 Å². The van der Waals surface area contributed by atoms with Crippen molar-refractivity contribution in [2.45, 2.75) is 12.8 Å². The minimum Gasteiger partial charge on any atom is -0.267 e. The monoisotopic (exact) mass is 301 g/mol. The fraction of sp³-hybridized carbons (Fsp3) is 0.105. The van der Waals surface area contributed by atoms with E-state index >= 15 is 0 Å². The Kier molecular flexibility index (Phi) is 3.35. The summed E-state index contributed by atoms with van der Waals surface area (Å²) in [6.07, 6.45) is 7.06. The molecule has 0 radical (unpaired) electrons. The molecule has 1 aliphatic rings. The number of benzene rings is 2. The lowest BCUT2D eigenvalue weighted by molar-refractivity contribution is 0.0955. The molecule has 23 heavy (non-hydrogen) atoms. The van der Waals surface area contributed by atoms with Crippen LogP contribution in [-0.4, -0.2) is 17.1 Å². The Morgan fingerprint density at radius 2 is 1.96 bits per heavy atom. The van der Waals surface area contributed by atoms with Gasteiger partial charge in [0.1, 0.15) is 0 Å². The number of carbonyl (C=O) groups excluding carboxylic acids is 1. The van der Waals surface area contributed by atoms with Crippen molar-refractivity contribution in [2.24, 2.45) is 5.10 Å². The molecule has 0 bridgehead atoms. The van der Waals surface area contributed by atoms with Crippen LogP contribution in [0.4, 0.5) is 0 Å². The number of carbonyl (C=O) groups is 1. The molecule has 0 unspecified atom stereocenters. The SMILES string of the molecule is O=C(NN=Cc1ccc2c3c(cccc13)CC2)c1cccnc1. The maximum Gasteiger partial charge on any atom is 0.272 e. The lowest BCUT2D eigenvalue weighted by Gasteiger charge is -2.05. The predicted molar refractivity (Wildman–Crippen MR) is 90.7 cm³/mol. The van der Waals surface area contributed by atoms with Gasteiger partial charge in [-0.15, -0.1) is 0 Å². The van der Waals surface area contributed by atoms with Gasteiger partial charge in [0.05, 0.1) is 11.8 Å². The lowest BCUT2D eigenvalue weighted by atomic mass is 10.0. The quantitative estimate of drug-likeness (QED) is 0.597. The Morgan fingerprint density at radius 1 is 1.09 bits per heavy atom. The van der Waals surface area contributed by atoms with E-state index in [-0.39, 0.29) is 5.91 Å². The molecule has 1 amide bonds. The average Bonchev–Trinajstić information content (AvgIpc) is 3.02. The van der Waals surface area contributed by atoms with Crippen LogP contribution in [0.15, 0.2) is 60.0 Å². The van der Waals surface area contributed by atoms with Crippen molar-refractivity contribution in [3.8, 4) is 0 Å². The number of rotatable bonds is 3. The molecule has 3 aromatic rings. The summed E-state index contributed by atoms with van der Waals surface area (Å²) in [5.41, 5.74) is 6.84. The van der Waals surface area contributed by atoms with E-state index in [9.17, 15) is 4.79 Å². The average molecular weight is 301 g/mol. The van der Waals surface area contributed by atoms with Gasteiger partial charge in [-0.05, 0) is 46.9 Å². The van der Waals surface area contributed by atoms with E-state index in [0.29, 0.717) is 5.56 Å². The molecule has 4 nitrogen and oxygen atoms in total. The van der Waals surface area contributed by atoms with Gasteiger partial charge in [-0.25, -0.2) is 5.43 Å². The number of nitrogens with one attached hydrogen (secondary N) is 1. The van der Waals surface area contributed by atoms with Crippen LogP contribution in [0.2, 0.25) is 0 Å². The summed E-state index contributed by atoms with van der Waals surface area (Å²) in [6, 6.07) is 14.0. The summed E-state index contributed by atoms with van der Waals surface area (Å²) in [6.45, 7) is 0. The number of aryl methyl sites for hydroxylation is 2. The van der Waals surface area contributed by atoms with E-state index in [1.165, 1.54) is 28.1 Å². The number of nitrogens with zero attached hydrogens (tertiary/aromatic N) is 2. The highest BCUT2D eigenvalue weighted by atomic mass is 16.2. The number of hydrogen-bond donors (Lipinski definition) is 1. The fourth-order valence-electron chi connectivity index (χ4n) is 3.10. The molecule has 0 aliphatic heterocycles. The molecule has 4 rings (SSSR count). The second kappa shape index (κ2) is 5.65. The third-order valence-electron chi connectivity index (χ3n) is 4.20. The fourth-order valence-corrected chi connectivity index (χ4v) is 3.10. The lowest BCUT2D eigenvalue weighted by Crippen LogP contribution is -2.17. The normalized spacial score (nSPS) is 12.9. The first kappa shape index (κ1) is 13.6. The van der Waals surface area contributed by atoms with Gasteiger partial charge in [-0.3, -0.25) is 9.78 Å². The molecule has 0 fully saturated rings. The summed E-state index contributed by atoms with van der Waals surface area (Å²) in [7, 11) is 0. The topological polar surface area (TPSA) is 54.4 Å². The van der Waals surface area contributed by atoms with E-state index in [4.69, 9.17) is 0 Å². The summed E-state index contributed by atoms with van der Waals surface area (Å²) in [5, 5.41) is 6.63. The summed E-state index contributed by atoms with van der Waals surface area (Å²) >= 11 is 0. The Labute approximate surface area is 133 Å². The highest BCUT2D eigenvalue weighted by Crippen LogP contribution is 2.32. The Hall–Kier alpha value is -3.01. The van der Waals surface area contributed by atoms with Crippen LogP contribution in [0.25, 0.3) is 10.8 Å². The van der Waals surface area contributed by atoms with Gasteiger partial charge in [0.2, 0.25) is 0 Å². The standard InChI is InChI=1S/C19H15N3O/c23-19(16-4-2-10-20-11-16)22-21-12-15-9-8-14-7-6-13-3-1-5-17(15)18(13)14/h1-5,8-12H,6-7H2,(H,22,23). The molecule has 2 aromatic carbocycles. The Balaban J connectivity index is 1.60. The van der Waals surface area contributed by atoms with Crippen molar-refractivity contribution in [3.05, 3.63) is 77.1 Å². The van der Waals surface area contributed by atoms with Crippen LogP contribution in [0, 0.1) is 0 Å². The number of aromatic nitrogens is 1. The van der Waals surface area contributed by atoms with Crippen LogP contribution >= 0.6 is 0 Å². The van der Waals surface area contributed by atoms with Gasteiger partial charge in [-0.1, -0.05) is 30.3 Å². The molecule has 0 atom stereocenters. The van der Waals surface area contributed by atoms with E-state index in [2.05, 4.69) is 45.8 Å². The zero-order chi connectivity index (χ0) is 15.6. The van der Waals surface area contributed by atoms with Crippen LogP contribution in [-0.2, 0) is 12.8 Å². The van der Waals surface area contributed by atoms with Crippen LogP contribution in [0.1, 0.15) is 27.0 Å². The third-order valence-corrected chi connectivity index (χ3v) is 4.20. The molecular weight excluding hydrogens is 286 g/mol. The maximum absolute atomic E-state index is 12.0. The largest absolute Gasteiger partial charge is 0.272 e. The van der Waals surface area contributed by atoms with Gasteiger partial charge in [0, 0.05) is 18.0 Å². The van der Waals surface area contributed by atoms with Crippen molar-refractivity contribution in [1.82, 2.24) is 10.4 Å². The molecule has 0 saturated carbocycles. The Morgan fingerprint density at radius 3 is 2.78 bits per heavy atom. The zero-order valence-electron chi connectivity index (χ0n) is 12.5. The van der Waals surface area contributed by atoms with Crippen LogP contribution < -0.4 is 5.43 Å². The minimum atomic E-state index is -0.264. The summed E-state index contributed by atoms with van der Waals surface area (Å²) < 4.78 is 0. The highest BCUT2D eigenvalue weighted by Gasteiger charge is 2.14. The van der Waals surface area contributed by atoms with E-state index < -0.39 is 0 Å². The van der Waals surface area contributed by atoms with Crippen molar-refractivity contribution in [1.29, 1.82) is 0 Å². The van der Waals surface area contributed by atoms with Gasteiger partial charge >= 0.3 is 0 Å². The molecule has 112 valence electrons. The smallest absolute Gasteiger partial charge is 0.267 e. The summed E-state index contributed by atoms with van der Waals surface area (Å²) in [4.78, 5) is 15.9. The van der Waals surface area contributed by atoms with Crippen molar-refractivity contribution >= 4 is 22.9 Å². The molecule has 4 heteroatoms. The molecule has 0 saturated heterocycles. The van der Waals surface area contributed by atoms with Crippen molar-refractivity contribution in [2.75, 3.05) is 0 Å². The highest BCUT2D eigenvalue weighted by molar-refractivity contribution is 6.03. The molecular formula is C19H15N3O. The van der Waals surface area contributed by atoms with Gasteiger partial charge in [0.15, 0.2) is 0 Å². The molecule has 1 aromatic heterocycles. The van der Waals surface area contributed by atoms with E-state index in [1.54, 1.807) is 24.5 Å². The van der Waals surface area contributed by atoms with Crippen molar-refractivity contribution in [3.63, 3.8) is 0 Å². The van der Waals surface area contributed by atoms with Crippen LogP contribution in [0.3, 0.4) is 0 Å². The predicted octanol–water partition coefficient (Wildman–Crippen LogP) is 3.10. The van der Waals surface area contributed by atoms with Gasteiger partial charge in [-0.2, -0.15) is 5.10 Å². The zero-order valence-corrected chi connectivity index (χ0v) is 12.5. The second-order valence-electron chi connectivity index (χ2n) is 5.59. The van der Waals surface area contributed by atoms with Crippen molar-refractivity contribution < 1.29 is 4.79 Å². The number of amides is 1. The molecule has 0 spiro atoms. The first-order valence-electron chi connectivity index (χ1n) is 7.60. The van der Waals surface area contributed by atoms with Crippen LogP contribution in [0.5, 0.6) is 0 Å². The van der Waals surface area contributed by atoms with Gasteiger partial charge in [0.25, 0.3) is 5.91 Å². The minimum absolute atomic E-state index is 0.264. The molecule has 1 heterocycles. The second-order valence-corrected chi connectivity index (χ2v) is 5.59. The third kappa shape index (κ3) is 2.48. The number of hydrogen-bond acceptors (Lipinski definition) is 3. The summed E-state index contributed by atoms with van der Waals surface area (Å²) in [5.74, 6) is -0.264.